The van der Waals surface area contributed by atoms with Crippen molar-refractivity contribution in [3.63, 3.8) is 0 Å². The monoisotopic (exact) mass is 280 g/mol. The van der Waals surface area contributed by atoms with E-state index < -0.39 is 0 Å². The van der Waals surface area contributed by atoms with Crippen LogP contribution >= 0.6 is 23.1 Å². The van der Waals surface area contributed by atoms with Crippen molar-refractivity contribution < 1.29 is 9.52 Å². The van der Waals surface area contributed by atoms with E-state index in [4.69, 9.17) is 9.52 Å². The van der Waals surface area contributed by atoms with E-state index in [2.05, 4.69) is 22.0 Å². The first-order valence-corrected chi connectivity index (χ1v) is 7.19. The SMILES string of the molecule is Cc1nnc(SCc2ccc(C#CCCO)s2)o1. The zero-order valence-electron chi connectivity index (χ0n) is 9.84. The molecule has 2 aromatic rings. The van der Waals surface area contributed by atoms with Gasteiger partial charge in [0, 0.05) is 24.0 Å². The fourth-order valence-electron chi connectivity index (χ4n) is 1.20. The van der Waals surface area contributed by atoms with Gasteiger partial charge >= 0.3 is 0 Å². The topological polar surface area (TPSA) is 59.2 Å². The molecule has 2 aromatic heterocycles. The number of hydrogen-bond donors (Lipinski definition) is 1. The summed E-state index contributed by atoms with van der Waals surface area (Å²) in [6.45, 7) is 1.88. The van der Waals surface area contributed by atoms with Crippen molar-refractivity contribution in [2.45, 2.75) is 24.3 Å². The molecule has 0 aromatic carbocycles. The Morgan fingerprint density at radius 3 is 3.06 bits per heavy atom. The summed E-state index contributed by atoms with van der Waals surface area (Å²) in [7, 11) is 0. The van der Waals surface area contributed by atoms with Crippen molar-refractivity contribution in [1.29, 1.82) is 0 Å². The lowest BCUT2D eigenvalue weighted by Crippen LogP contribution is -1.75. The molecule has 2 rings (SSSR count). The highest BCUT2D eigenvalue weighted by atomic mass is 32.2. The molecule has 94 valence electrons. The van der Waals surface area contributed by atoms with Gasteiger partial charge in [0.15, 0.2) is 0 Å². The number of aliphatic hydroxyl groups excluding tert-OH is 1. The number of nitrogens with zero attached hydrogens (tertiary/aromatic N) is 2. The maximum atomic E-state index is 8.64. The van der Waals surface area contributed by atoms with Crippen LogP contribution in [-0.4, -0.2) is 21.9 Å². The number of aryl methyl sites for hydroxylation is 1. The van der Waals surface area contributed by atoms with Gasteiger partial charge < -0.3 is 9.52 Å². The first-order chi connectivity index (χ1) is 8.78. The molecule has 0 unspecified atom stereocenters. The molecule has 18 heavy (non-hydrogen) atoms. The van der Waals surface area contributed by atoms with Gasteiger partial charge in [0.2, 0.25) is 5.89 Å². The zero-order valence-corrected chi connectivity index (χ0v) is 11.5. The highest BCUT2D eigenvalue weighted by Gasteiger charge is 2.05. The summed E-state index contributed by atoms with van der Waals surface area (Å²) in [5.74, 6) is 7.30. The Labute approximate surface area is 113 Å². The summed E-state index contributed by atoms with van der Waals surface area (Å²) in [5.41, 5.74) is 0. The number of aromatic nitrogens is 2. The van der Waals surface area contributed by atoms with Crippen LogP contribution in [0.5, 0.6) is 0 Å². The lowest BCUT2D eigenvalue weighted by molar-refractivity contribution is 0.305. The van der Waals surface area contributed by atoms with E-state index in [0.29, 0.717) is 17.5 Å². The Bertz CT molecular complexity index is 566. The largest absolute Gasteiger partial charge is 0.416 e. The highest BCUT2D eigenvalue weighted by molar-refractivity contribution is 7.98. The predicted molar refractivity (Wildman–Crippen MR) is 71.5 cm³/mol. The van der Waals surface area contributed by atoms with Crippen LogP contribution in [-0.2, 0) is 5.75 Å². The highest BCUT2D eigenvalue weighted by Crippen LogP contribution is 2.25. The average Bonchev–Trinajstić information content (AvgIpc) is 2.96. The maximum Gasteiger partial charge on any atom is 0.276 e. The summed E-state index contributed by atoms with van der Waals surface area (Å²) < 4.78 is 5.28. The van der Waals surface area contributed by atoms with E-state index in [1.54, 1.807) is 18.3 Å². The van der Waals surface area contributed by atoms with Crippen LogP contribution in [0.25, 0.3) is 0 Å². The summed E-state index contributed by atoms with van der Waals surface area (Å²) in [6.07, 6.45) is 0.517. The Kier molecular flexibility index (Phi) is 4.81. The Hall–Kier alpha value is -1.29. The Balaban J connectivity index is 1.89. The molecule has 2 heterocycles. The quantitative estimate of drug-likeness (QED) is 0.688. The predicted octanol–water partition coefficient (Wildman–Crippen LogP) is 2.47. The van der Waals surface area contributed by atoms with Gasteiger partial charge in [0.1, 0.15) is 0 Å². The molecule has 0 saturated carbocycles. The van der Waals surface area contributed by atoms with E-state index in [9.17, 15) is 0 Å². The second-order valence-corrected chi connectivity index (χ2v) is 5.51. The van der Waals surface area contributed by atoms with Crippen molar-refractivity contribution in [2.75, 3.05) is 6.61 Å². The number of rotatable bonds is 4. The minimum absolute atomic E-state index is 0.109. The molecule has 0 saturated heterocycles. The standard InChI is InChI=1S/C12H12N2O2S2/c1-9-13-14-12(16-9)17-8-11-6-5-10(18-11)4-2-3-7-15/h5-6,15H,3,7-8H2,1H3. The molecular weight excluding hydrogens is 268 g/mol. The fraction of sp³-hybridized carbons (Fsp3) is 0.333. The van der Waals surface area contributed by atoms with Crippen molar-refractivity contribution in [3.05, 3.63) is 27.8 Å². The van der Waals surface area contributed by atoms with E-state index in [1.807, 2.05) is 12.1 Å². The number of aliphatic hydroxyl groups is 1. The lowest BCUT2D eigenvalue weighted by atomic mass is 10.4. The summed E-state index contributed by atoms with van der Waals surface area (Å²) >= 11 is 3.16. The van der Waals surface area contributed by atoms with Gasteiger partial charge in [-0.05, 0) is 12.1 Å². The van der Waals surface area contributed by atoms with Gasteiger partial charge in [-0.2, -0.15) is 0 Å². The van der Waals surface area contributed by atoms with Crippen molar-refractivity contribution in [3.8, 4) is 11.8 Å². The van der Waals surface area contributed by atoms with E-state index >= 15 is 0 Å². The van der Waals surface area contributed by atoms with Crippen LogP contribution in [0.3, 0.4) is 0 Å². The molecule has 0 aliphatic heterocycles. The molecule has 0 atom stereocenters. The second kappa shape index (κ2) is 6.59. The van der Waals surface area contributed by atoms with E-state index in [-0.39, 0.29) is 6.61 Å². The third kappa shape index (κ3) is 3.88. The summed E-state index contributed by atoms with van der Waals surface area (Å²) in [5, 5.41) is 16.9. The smallest absolute Gasteiger partial charge is 0.276 e. The summed E-state index contributed by atoms with van der Waals surface area (Å²) in [4.78, 5) is 2.23. The Morgan fingerprint density at radius 2 is 2.33 bits per heavy atom. The van der Waals surface area contributed by atoms with Crippen LogP contribution in [0.15, 0.2) is 21.8 Å². The van der Waals surface area contributed by atoms with Crippen molar-refractivity contribution in [2.24, 2.45) is 0 Å². The maximum absolute atomic E-state index is 8.64. The van der Waals surface area contributed by atoms with Crippen LogP contribution in [0.1, 0.15) is 22.1 Å². The first-order valence-electron chi connectivity index (χ1n) is 5.39. The van der Waals surface area contributed by atoms with Gasteiger partial charge in [-0.15, -0.1) is 21.5 Å². The number of thiophene rings is 1. The van der Waals surface area contributed by atoms with Gasteiger partial charge in [0.05, 0.1) is 11.5 Å². The van der Waals surface area contributed by atoms with Gasteiger partial charge in [0.25, 0.3) is 5.22 Å². The van der Waals surface area contributed by atoms with Crippen molar-refractivity contribution in [1.82, 2.24) is 10.2 Å². The molecule has 6 heteroatoms. The Morgan fingerprint density at radius 1 is 1.44 bits per heavy atom. The molecule has 1 N–H and O–H groups in total. The average molecular weight is 280 g/mol. The van der Waals surface area contributed by atoms with Gasteiger partial charge in [-0.1, -0.05) is 23.6 Å². The normalized spacial score (nSPS) is 10.1. The molecular formula is C12H12N2O2S2. The molecule has 0 aliphatic rings. The molecule has 0 amide bonds. The molecule has 0 spiro atoms. The third-order valence-corrected chi connectivity index (χ3v) is 4.01. The molecule has 4 nitrogen and oxygen atoms in total. The zero-order chi connectivity index (χ0) is 12.8. The molecule has 0 radical (unpaired) electrons. The van der Waals surface area contributed by atoms with Crippen molar-refractivity contribution >= 4 is 23.1 Å². The molecule has 0 aliphatic carbocycles. The molecule has 0 bridgehead atoms. The second-order valence-electron chi connectivity index (χ2n) is 3.42. The minimum Gasteiger partial charge on any atom is -0.416 e. The van der Waals surface area contributed by atoms with Gasteiger partial charge in [-0.3, -0.25) is 0 Å². The lowest BCUT2D eigenvalue weighted by Gasteiger charge is -1.91. The van der Waals surface area contributed by atoms with Gasteiger partial charge in [-0.25, -0.2) is 0 Å². The third-order valence-electron chi connectivity index (χ3n) is 1.96. The van der Waals surface area contributed by atoms with E-state index in [0.717, 1.165) is 10.6 Å². The number of hydrogen-bond acceptors (Lipinski definition) is 6. The number of thioether (sulfide) groups is 1. The first kappa shape index (κ1) is 13.1. The van der Waals surface area contributed by atoms with Crippen LogP contribution in [0.2, 0.25) is 0 Å². The fourth-order valence-corrected chi connectivity index (χ4v) is 2.93. The van der Waals surface area contributed by atoms with Crippen LogP contribution < -0.4 is 0 Å². The van der Waals surface area contributed by atoms with Crippen LogP contribution in [0.4, 0.5) is 0 Å². The van der Waals surface area contributed by atoms with Crippen LogP contribution in [0, 0.1) is 18.8 Å². The van der Waals surface area contributed by atoms with E-state index in [1.165, 1.54) is 16.6 Å². The molecule has 0 fully saturated rings. The minimum atomic E-state index is 0.109. The summed E-state index contributed by atoms with van der Waals surface area (Å²) in [6, 6.07) is 4.04.